The summed E-state index contributed by atoms with van der Waals surface area (Å²) >= 11 is 5.79. The number of aromatic nitrogens is 2. The molecule has 2 N–H and O–H groups in total. The van der Waals surface area contributed by atoms with E-state index in [0.29, 0.717) is 11.4 Å². The molecule has 1 aromatic carbocycles. The van der Waals surface area contributed by atoms with Gasteiger partial charge in [0.05, 0.1) is 12.9 Å². The van der Waals surface area contributed by atoms with Crippen LogP contribution in [-0.2, 0) is 13.0 Å². The van der Waals surface area contributed by atoms with Gasteiger partial charge in [-0.05, 0) is 24.1 Å². The lowest BCUT2D eigenvalue weighted by Gasteiger charge is -2.22. The van der Waals surface area contributed by atoms with Crippen molar-refractivity contribution in [1.82, 2.24) is 9.55 Å². The van der Waals surface area contributed by atoms with E-state index in [2.05, 4.69) is 4.98 Å². The van der Waals surface area contributed by atoms with Gasteiger partial charge in [0.25, 0.3) is 0 Å². The van der Waals surface area contributed by atoms with Gasteiger partial charge in [0.2, 0.25) is 0 Å². The first-order chi connectivity index (χ1) is 8.55. The summed E-state index contributed by atoms with van der Waals surface area (Å²) in [4.78, 5) is 3.86. The molecule has 0 amide bonds. The summed E-state index contributed by atoms with van der Waals surface area (Å²) in [5, 5.41) is 20.4. The summed E-state index contributed by atoms with van der Waals surface area (Å²) in [5.41, 5.74) is 1.03. The molecule has 0 fully saturated rings. The van der Waals surface area contributed by atoms with Gasteiger partial charge in [0.15, 0.2) is 5.79 Å². The quantitative estimate of drug-likeness (QED) is 0.812. The van der Waals surface area contributed by atoms with Gasteiger partial charge in [-0.1, -0.05) is 23.7 Å². The topological polar surface area (TPSA) is 58.3 Å². The van der Waals surface area contributed by atoms with E-state index >= 15 is 0 Å². The number of aryl methyl sites for hydroxylation is 1. The van der Waals surface area contributed by atoms with E-state index < -0.39 is 5.79 Å². The van der Waals surface area contributed by atoms with Crippen LogP contribution in [0, 0.1) is 0 Å². The Labute approximate surface area is 110 Å². The SMILES string of the molecule is OC(O)(CCc1ccc(Cl)cc1)Cn1ccnc1. The Morgan fingerprint density at radius 2 is 1.94 bits per heavy atom. The molecule has 0 bridgehead atoms. The molecule has 0 saturated heterocycles. The maximum absolute atomic E-state index is 9.88. The molecule has 2 rings (SSSR count). The lowest BCUT2D eigenvalue weighted by molar-refractivity contribution is -0.175. The molecule has 96 valence electrons. The Hall–Kier alpha value is -1.36. The smallest absolute Gasteiger partial charge is 0.181 e. The Morgan fingerprint density at radius 3 is 2.56 bits per heavy atom. The predicted molar refractivity (Wildman–Crippen MR) is 69.2 cm³/mol. The van der Waals surface area contributed by atoms with Gasteiger partial charge in [0, 0.05) is 23.8 Å². The van der Waals surface area contributed by atoms with Gasteiger partial charge in [-0.2, -0.15) is 0 Å². The van der Waals surface area contributed by atoms with Crippen LogP contribution in [0.5, 0.6) is 0 Å². The molecule has 1 aromatic heterocycles. The molecule has 0 unspecified atom stereocenters. The molecular weight excluding hydrogens is 252 g/mol. The van der Waals surface area contributed by atoms with Crippen molar-refractivity contribution in [3.63, 3.8) is 0 Å². The van der Waals surface area contributed by atoms with Crippen molar-refractivity contribution in [2.75, 3.05) is 0 Å². The summed E-state index contributed by atoms with van der Waals surface area (Å²) < 4.78 is 1.64. The van der Waals surface area contributed by atoms with Gasteiger partial charge in [-0.25, -0.2) is 4.98 Å². The van der Waals surface area contributed by atoms with Gasteiger partial charge in [-0.3, -0.25) is 0 Å². The van der Waals surface area contributed by atoms with Gasteiger partial charge in [-0.15, -0.1) is 0 Å². The minimum Gasteiger partial charge on any atom is -0.364 e. The number of rotatable bonds is 5. The average molecular weight is 267 g/mol. The van der Waals surface area contributed by atoms with E-state index in [0.717, 1.165) is 5.56 Å². The number of hydrogen-bond acceptors (Lipinski definition) is 3. The fraction of sp³-hybridized carbons (Fsp3) is 0.308. The monoisotopic (exact) mass is 266 g/mol. The van der Waals surface area contributed by atoms with Crippen molar-refractivity contribution >= 4 is 11.6 Å². The molecule has 1 heterocycles. The number of hydrogen-bond donors (Lipinski definition) is 2. The fourth-order valence-corrected chi connectivity index (χ4v) is 1.87. The average Bonchev–Trinajstić information content (AvgIpc) is 2.80. The highest BCUT2D eigenvalue weighted by atomic mass is 35.5. The van der Waals surface area contributed by atoms with Crippen molar-refractivity contribution in [3.05, 3.63) is 53.6 Å². The number of benzene rings is 1. The standard InChI is InChI=1S/C13H15ClN2O2/c14-12-3-1-11(2-4-12)5-6-13(17,18)9-16-8-7-15-10-16/h1-4,7-8,10,17-18H,5-6,9H2. The van der Waals surface area contributed by atoms with Crippen LogP contribution in [0.2, 0.25) is 5.02 Å². The summed E-state index contributed by atoms with van der Waals surface area (Å²) in [6.45, 7) is 0.112. The van der Waals surface area contributed by atoms with Crippen LogP contribution in [0.1, 0.15) is 12.0 Å². The highest BCUT2D eigenvalue weighted by Gasteiger charge is 2.23. The van der Waals surface area contributed by atoms with Gasteiger partial charge in [0.1, 0.15) is 0 Å². The fourth-order valence-electron chi connectivity index (χ4n) is 1.75. The maximum Gasteiger partial charge on any atom is 0.181 e. The van der Waals surface area contributed by atoms with E-state index in [4.69, 9.17) is 11.6 Å². The molecule has 0 saturated carbocycles. The summed E-state index contributed by atoms with van der Waals surface area (Å²) in [6, 6.07) is 7.36. The van der Waals surface area contributed by atoms with Crippen LogP contribution >= 0.6 is 11.6 Å². The Balaban J connectivity index is 1.90. The molecule has 18 heavy (non-hydrogen) atoms. The molecule has 0 radical (unpaired) electrons. The Kier molecular flexibility index (Phi) is 4.01. The minimum absolute atomic E-state index is 0.112. The highest BCUT2D eigenvalue weighted by Crippen LogP contribution is 2.16. The molecule has 5 heteroatoms. The zero-order chi connectivity index (χ0) is 13.0. The van der Waals surface area contributed by atoms with Gasteiger partial charge >= 0.3 is 0 Å². The highest BCUT2D eigenvalue weighted by molar-refractivity contribution is 6.30. The van der Waals surface area contributed by atoms with Crippen LogP contribution in [0.3, 0.4) is 0 Å². The zero-order valence-electron chi connectivity index (χ0n) is 9.83. The molecular formula is C13H15ClN2O2. The van der Waals surface area contributed by atoms with Crippen LogP contribution < -0.4 is 0 Å². The Morgan fingerprint density at radius 1 is 1.22 bits per heavy atom. The summed E-state index contributed by atoms with van der Waals surface area (Å²) in [5.74, 6) is -1.74. The molecule has 0 aliphatic rings. The molecule has 0 aliphatic carbocycles. The van der Waals surface area contributed by atoms with Crippen LogP contribution in [0.15, 0.2) is 43.0 Å². The van der Waals surface area contributed by atoms with E-state index in [1.807, 2.05) is 12.1 Å². The molecule has 0 atom stereocenters. The van der Waals surface area contributed by atoms with Crippen molar-refractivity contribution < 1.29 is 10.2 Å². The second-order valence-corrected chi connectivity index (χ2v) is 4.78. The third kappa shape index (κ3) is 3.84. The van der Waals surface area contributed by atoms with E-state index in [1.54, 1.807) is 35.4 Å². The lowest BCUT2D eigenvalue weighted by Crippen LogP contribution is -2.34. The van der Waals surface area contributed by atoms with E-state index in [9.17, 15) is 10.2 Å². The number of halogens is 1. The third-order valence-corrected chi connectivity index (χ3v) is 2.97. The lowest BCUT2D eigenvalue weighted by atomic mass is 10.0. The minimum atomic E-state index is -1.74. The molecule has 0 aliphatic heterocycles. The van der Waals surface area contributed by atoms with Crippen LogP contribution in [0.4, 0.5) is 0 Å². The number of nitrogens with zero attached hydrogens (tertiary/aromatic N) is 2. The second kappa shape index (κ2) is 5.52. The van der Waals surface area contributed by atoms with Crippen molar-refractivity contribution in [3.8, 4) is 0 Å². The first kappa shape index (κ1) is 13.1. The van der Waals surface area contributed by atoms with Gasteiger partial charge < -0.3 is 14.8 Å². The largest absolute Gasteiger partial charge is 0.364 e. The first-order valence-electron chi connectivity index (χ1n) is 5.70. The second-order valence-electron chi connectivity index (χ2n) is 4.34. The van der Waals surface area contributed by atoms with E-state index in [-0.39, 0.29) is 13.0 Å². The summed E-state index contributed by atoms with van der Waals surface area (Å²) in [7, 11) is 0. The van der Waals surface area contributed by atoms with E-state index in [1.165, 1.54) is 0 Å². The number of imidazole rings is 1. The van der Waals surface area contributed by atoms with Crippen molar-refractivity contribution in [2.45, 2.75) is 25.2 Å². The third-order valence-electron chi connectivity index (χ3n) is 2.72. The van der Waals surface area contributed by atoms with Crippen LogP contribution in [-0.4, -0.2) is 25.6 Å². The van der Waals surface area contributed by atoms with Crippen molar-refractivity contribution in [1.29, 1.82) is 0 Å². The van der Waals surface area contributed by atoms with Crippen molar-refractivity contribution in [2.24, 2.45) is 0 Å². The maximum atomic E-state index is 9.88. The Bertz CT molecular complexity index is 480. The number of aliphatic hydroxyl groups is 2. The molecule has 0 spiro atoms. The zero-order valence-corrected chi connectivity index (χ0v) is 10.6. The van der Waals surface area contributed by atoms with Crippen LogP contribution in [0.25, 0.3) is 0 Å². The molecule has 2 aromatic rings. The normalized spacial score (nSPS) is 11.7. The molecule has 4 nitrogen and oxygen atoms in total. The predicted octanol–water partition coefficient (Wildman–Crippen LogP) is 1.85. The summed E-state index contributed by atoms with van der Waals surface area (Å²) in [6.07, 6.45) is 5.70. The first-order valence-corrected chi connectivity index (χ1v) is 6.08.